The Morgan fingerprint density at radius 1 is 1.08 bits per heavy atom. The van der Waals surface area contributed by atoms with Gasteiger partial charge in [-0.25, -0.2) is 13.1 Å². The normalized spacial score (nSPS) is 12.4. The SMILES string of the molecule is CNS(=O)(=O)c1ccc(CCC(=O)NC(C)c2ccc(OC)cc2)cc1. The molecule has 2 aromatic rings. The van der Waals surface area contributed by atoms with Crippen molar-refractivity contribution in [3.63, 3.8) is 0 Å². The van der Waals surface area contributed by atoms with Gasteiger partial charge in [-0.05, 0) is 55.8 Å². The van der Waals surface area contributed by atoms with Crippen molar-refractivity contribution in [1.82, 2.24) is 10.0 Å². The number of amides is 1. The van der Waals surface area contributed by atoms with Crippen molar-refractivity contribution in [2.45, 2.75) is 30.7 Å². The monoisotopic (exact) mass is 376 g/mol. The maximum atomic E-state index is 12.2. The highest BCUT2D eigenvalue weighted by Crippen LogP contribution is 2.17. The fourth-order valence-corrected chi connectivity index (χ4v) is 3.23. The zero-order chi connectivity index (χ0) is 19.2. The second kappa shape index (κ2) is 8.82. The van der Waals surface area contributed by atoms with Crippen LogP contribution in [0.4, 0.5) is 0 Å². The van der Waals surface area contributed by atoms with Gasteiger partial charge in [-0.3, -0.25) is 4.79 Å². The first-order valence-corrected chi connectivity index (χ1v) is 9.80. The summed E-state index contributed by atoms with van der Waals surface area (Å²) in [6, 6.07) is 14.0. The molecule has 0 aliphatic carbocycles. The molecule has 0 aliphatic rings. The average molecular weight is 376 g/mol. The summed E-state index contributed by atoms with van der Waals surface area (Å²) in [7, 11) is -0.451. The highest BCUT2D eigenvalue weighted by atomic mass is 32.2. The number of methoxy groups -OCH3 is 1. The van der Waals surface area contributed by atoms with Gasteiger partial charge in [0.1, 0.15) is 5.75 Å². The van der Waals surface area contributed by atoms with E-state index in [-0.39, 0.29) is 16.8 Å². The molecule has 26 heavy (non-hydrogen) atoms. The number of rotatable bonds is 8. The van der Waals surface area contributed by atoms with Crippen molar-refractivity contribution in [2.24, 2.45) is 0 Å². The molecule has 2 aromatic carbocycles. The second-order valence-electron chi connectivity index (χ2n) is 5.91. The lowest BCUT2D eigenvalue weighted by Gasteiger charge is -2.15. The summed E-state index contributed by atoms with van der Waals surface area (Å²) in [6.45, 7) is 1.93. The van der Waals surface area contributed by atoms with Crippen LogP contribution in [0.1, 0.15) is 30.5 Å². The quantitative estimate of drug-likeness (QED) is 0.741. The third-order valence-electron chi connectivity index (χ3n) is 4.14. The van der Waals surface area contributed by atoms with Gasteiger partial charge < -0.3 is 10.1 Å². The van der Waals surface area contributed by atoms with Crippen LogP contribution in [0.15, 0.2) is 53.4 Å². The van der Waals surface area contributed by atoms with E-state index in [4.69, 9.17) is 4.74 Å². The molecule has 1 amide bonds. The van der Waals surface area contributed by atoms with Gasteiger partial charge in [-0.1, -0.05) is 24.3 Å². The molecule has 0 heterocycles. The molecular formula is C19H24N2O4S. The minimum absolute atomic E-state index is 0.0553. The first-order chi connectivity index (χ1) is 12.4. The van der Waals surface area contributed by atoms with Crippen LogP contribution in [0.25, 0.3) is 0 Å². The highest BCUT2D eigenvalue weighted by Gasteiger charge is 2.12. The number of carbonyl (C=O) groups is 1. The number of nitrogens with one attached hydrogen (secondary N) is 2. The van der Waals surface area contributed by atoms with Gasteiger partial charge >= 0.3 is 0 Å². The van der Waals surface area contributed by atoms with E-state index in [1.807, 2.05) is 31.2 Å². The lowest BCUT2D eigenvalue weighted by atomic mass is 10.1. The highest BCUT2D eigenvalue weighted by molar-refractivity contribution is 7.89. The minimum Gasteiger partial charge on any atom is -0.497 e. The van der Waals surface area contributed by atoms with E-state index in [1.54, 1.807) is 31.4 Å². The summed E-state index contributed by atoms with van der Waals surface area (Å²) in [5.41, 5.74) is 1.91. The molecule has 6 nitrogen and oxygen atoms in total. The summed E-state index contributed by atoms with van der Waals surface area (Å²) in [5.74, 6) is 0.719. The Hall–Kier alpha value is -2.38. The van der Waals surface area contributed by atoms with Gasteiger partial charge in [0.15, 0.2) is 0 Å². The van der Waals surface area contributed by atoms with Crippen LogP contribution in [0.5, 0.6) is 5.75 Å². The molecule has 0 saturated carbocycles. The predicted molar refractivity (Wildman–Crippen MR) is 101 cm³/mol. The van der Waals surface area contributed by atoms with Gasteiger partial charge in [0.05, 0.1) is 18.0 Å². The maximum Gasteiger partial charge on any atom is 0.240 e. The van der Waals surface area contributed by atoms with E-state index in [0.717, 1.165) is 16.9 Å². The Morgan fingerprint density at radius 3 is 2.23 bits per heavy atom. The number of hydrogen-bond donors (Lipinski definition) is 2. The van der Waals surface area contributed by atoms with Gasteiger partial charge in [0, 0.05) is 6.42 Å². The molecule has 2 N–H and O–H groups in total. The van der Waals surface area contributed by atoms with Crippen molar-refractivity contribution in [3.05, 3.63) is 59.7 Å². The zero-order valence-corrected chi connectivity index (χ0v) is 16.0. The van der Waals surface area contributed by atoms with E-state index in [2.05, 4.69) is 10.0 Å². The fraction of sp³-hybridized carbons (Fsp3) is 0.316. The second-order valence-corrected chi connectivity index (χ2v) is 7.80. The van der Waals surface area contributed by atoms with Crippen molar-refractivity contribution in [3.8, 4) is 5.75 Å². The van der Waals surface area contributed by atoms with E-state index < -0.39 is 10.0 Å². The van der Waals surface area contributed by atoms with E-state index in [1.165, 1.54) is 7.05 Å². The summed E-state index contributed by atoms with van der Waals surface area (Å²) < 4.78 is 30.8. The molecule has 1 atom stereocenters. The van der Waals surface area contributed by atoms with Crippen LogP contribution in [-0.4, -0.2) is 28.5 Å². The molecule has 2 rings (SSSR count). The van der Waals surface area contributed by atoms with Crippen LogP contribution >= 0.6 is 0 Å². The number of ether oxygens (including phenoxy) is 1. The van der Waals surface area contributed by atoms with E-state index >= 15 is 0 Å². The Bertz CT molecular complexity index is 831. The minimum atomic E-state index is -3.44. The zero-order valence-electron chi connectivity index (χ0n) is 15.2. The lowest BCUT2D eigenvalue weighted by molar-refractivity contribution is -0.121. The first kappa shape index (κ1) is 19.9. The topological polar surface area (TPSA) is 84.5 Å². The van der Waals surface area contributed by atoms with Crippen molar-refractivity contribution < 1.29 is 17.9 Å². The molecule has 0 aromatic heterocycles. The molecule has 0 saturated heterocycles. The maximum absolute atomic E-state index is 12.2. The average Bonchev–Trinajstić information content (AvgIpc) is 2.66. The van der Waals surface area contributed by atoms with Crippen LogP contribution in [0.3, 0.4) is 0 Å². The van der Waals surface area contributed by atoms with Gasteiger partial charge in [-0.15, -0.1) is 0 Å². The van der Waals surface area contributed by atoms with Crippen molar-refractivity contribution in [2.75, 3.05) is 14.2 Å². The molecule has 0 fully saturated rings. The van der Waals surface area contributed by atoms with Crippen LogP contribution < -0.4 is 14.8 Å². The Kier molecular flexibility index (Phi) is 6.76. The summed E-state index contributed by atoms with van der Waals surface area (Å²) in [6.07, 6.45) is 0.875. The number of hydrogen-bond acceptors (Lipinski definition) is 4. The lowest BCUT2D eigenvalue weighted by Crippen LogP contribution is -2.26. The smallest absolute Gasteiger partial charge is 0.240 e. The third kappa shape index (κ3) is 5.31. The molecule has 140 valence electrons. The van der Waals surface area contributed by atoms with Gasteiger partial charge in [-0.2, -0.15) is 0 Å². The standard InChI is InChI=1S/C19H24N2O4S/c1-14(16-7-9-17(25-3)10-8-16)21-19(22)13-6-15-4-11-18(12-5-15)26(23,24)20-2/h4-5,7-12,14,20H,6,13H2,1-3H3,(H,21,22). The van der Waals surface area contributed by atoms with Gasteiger partial charge in [0.25, 0.3) is 0 Å². The summed E-state index contributed by atoms with van der Waals surface area (Å²) in [5, 5.41) is 2.96. The van der Waals surface area contributed by atoms with E-state index in [9.17, 15) is 13.2 Å². The first-order valence-electron chi connectivity index (χ1n) is 8.31. The molecule has 0 radical (unpaired) electrons. The van der Waals surface area contributed by atoms with Crippen molar-refractivity contribution in [1.29, 1.82) is 0 Å². The molecular weight excluding hydrogens is 352 g/mol. The predicted octanol–water partition coefficient (Wildman–Crippen LogP) is 2.41. The number of benzene rings is 2. The fourth-order valence-electron chi connectivity index (χ4n) is 2.50. The van der Waals surface area contributed by atoms with E-state index in [0.29, 0.717) is 12.8 Å². The van der Waals surface area contributed by atoms with Gasteiger partial charge in [0.2, 0.25) is 15.9 Å². The Labute approximate surface area is 154 Å². The molecule has 1 unspecified atom stereocenters. The number of carbonyl (C=O) groups excluding carboxylic acids is 1. The van der Waals surface area contributed by atoms with Crippen LogP contribution in [0.2, 0.25) is 0 Å². The van der Waals surface area contributed by atoms with Crippen LogP contribution in [0, 0.1) is 0 Å². The Morgan fingerprint density at radius 2 is 1.69 bits per heavy atom. The summed E-state index contributed by atoms with van der Waals surface area (Å²) in [4.78, 5) is 12.4. The third-order valence-corrected chi connectivity index (χ3v) is 5.57. The molecule has 0 bridgehead atoms. The molecule has 0 spiro atoms. The largest absolute Gasteiger partial charge is 0.497 e. The van der Waals surface area contributed by atoms with Crippen molar-refractivity contribution >= 4 is 15.9 Å². The molecule has 7 heteroatoms. The summed E-state index contributed by atoms with van der Waals surface area (Å²) >= 11 is 0. The Balaban J connectivity index is 1.88. The number of sulfonamides is 1. The molecule has 0 aliphatic heterocycles. The number of aryl methyl sites for hydroxylation is 1. The van der Waals surface area contributed by atoms with Crippen LogP contribution in [-0.2, 0) is 21.2 Å².